The van der Waals surface area contributed by atoms with E-state index in [1.54, 1.807) is 24.3 Å². The van der Waals surface area contributed by atoms with Crippen molar-refractivity contribution in [3.63, 3.8) is 0 Å². The first kappa shape index (κ1) is 37.4. The molecule has 12 nitrogen and oxygen atoms in total. The summed E-state index contributed by atoms with van der Waals surface area (Å²) in [7, 11) is 0. The van der Waals surface area contributed by atoms with Crippen LogP contribution in [-0.2, 0) is 9.59 Å². The minimum absolute atomic E-state index is 0.0894. The molecule has 4 amide bonds. The molecule has 2 atom stereocenters. The third-order valence-corrected chi connectivity index (χ3v) is 13.6. The zero-order valence-corrected chi connectivity index (χ0v) is 32.8. The van der Waals surface area contributed by atoms with Crippen molar-refractivity contribution in [2.24, 2.45) is 11.3 Å². The topological polar surface area (TPSA) is 124 Å². The summed E-state index contributed by atoms with van der Waals surface area (Å²) < 4.78 is 15.7. The summed E-state index contributed by atoms with van der Waals surface area (Å²) >= 11 is 6.37. The van der Waals surface area contributed by atoms with Crippen molar-refractivity contribution in [2.75, 3.05) is 85.0 Å². The van der Waals surface area contributed by atoms with Crippen molar-refractivity contribution < 1.29 is 23.6 Å². The SMILES string of the molecule is C[C@H]1CC2(CCN(c3ccc(N4CCN(CC5CN(c6ccc7c(c6)C(=O)N(C6CCC(=O)NC6=O)C7=O)C5)CC4)cc3F)CC2)CN1c1ccc(C#N)c(Cl)c1. The van der Waals surface area contributed by atoms with Gasteiger partial charge in [-0.05, 0) is 92.6 Å². The summed E-state index contributed by atoms with van der Waals surface area (Å²) in [6, 6.07) is 18.2. The second-order valence-corrected chi connectivity index (χ2v) is 17.2. The first-order valence-electron chi connectivity index (χ1n) is 20.1. The van der Waals surface area contributed by atoms with E-state index in [0.29, 0.717) is 33.8 Å². The number of nitrogens with zero attached hydrogens (tertiary/aromatic N) is 7. The van der Waals surface area contributed by atoms with Crippen LogP contribution in [0, 0.1) is 28.5 Å². The molecule has 1 spiro atoms. The van der Waals surface area contributed by atoms with Crippen molar-refractivity contribution in [1.29, 1.82) is 5.26 Å². The molecule has 296 valence electrons. The molecule has 14 heteroatoms. The lowest BCUT2D eigenvalue weighted by molar-refractivity contribution is -0.136. The van der Waals surface area contributed by atoms with Crippen molar-refractivity contribution in [3.05, 3.63) is 82.1 Å². The monoisotopic (exact) mass is 792 g/mol. The van der Waals surface area contributed by atoms with Crippen LogP contribution < -0.4 is 24.9 Å². The average molecular weight is 793 g/mol. The van der Waals surface area contributed by atoms with E-state index in [1.165, 1.54) is 0 Å². The molecule has 6 heterocycles. The molecule has 1 unspecified atom stereocenters. The van der Waals surface area contributed by atoms with Crippen LogP contribution in [0.25, 0.3) is 0 Å². The van der Waals surface area contributed by atoms with E-state index in [9.17, 15) is 24.4 Å². The molecule has 3 aromatic carbocycles. The first-order valence-corrected chi connectivity index (χ1v) is 20.5. The molecule has 1 N–H and O–H groups in total. The van der Waals surface area contributed by atoms with E-state index >= 15 is 4.39 Å². The second-order valence-electron chi connectivity index (χ2n) is 16.8. The summed E-state index contributed by atoms with van der Waals surface area (Å²) in [6.07, 6.45) is 3.30. The number of nitriles is 1. The van der Waals surface area contributed by atoms with Crippen LogP contribution >= 0.6 is 11.6 Å². The molecule has 0 aromatic heterocycles. The second kappa shape index (κ2) is 14.6. The quantitative estimate of drug-likeness (QED) is 0.331. The van der Waals surface area contributed by atoms with Crippen LogP contribution in [0.2, 0.25) is 5.02 Å². The van der Waals surface area contributed by atoms with Gasteiger partial charge in [0, 0.05) is 101 Å². The molecule has 5 fully saturated rings. The van der Waals surface area contributed by atoms with Gasteiger partial charge in [0.1, 0.15) is 17.9 Å². The number of hydrogen-bond acceptors (Lipinski definition) is 10. The van der Waals surface area contributed by atoms with Crippen LogP contribution in [-0.4, -0.2) is 111 Å². The van der Waals surface area contributed by atoms with Gasteiger partial charge >= 0.3 is 0 Å². The van der Waals surface area contributed by atoms with Gasteiger partial charge in [-0.15, -0.1) is 0 Å². The van der Waals surface area contributed by atoms with Gasteiger partial charge < -0.3 is 19.6 Å². The van der Waals surface area contributed by atoms with Gasteiger partial charge in [0.2, 0.25) is 11.8 Å². The summed E-state index contributed by atoms with van der Waals surface area (Å²) in [5, 5.41) is 12.0. The summed E-state index contributed by atoms with van der Waals surface area (Å²) in [4.78, 5) is 62.9. The molecule has 57 heavy (non-hydrogen) atoms. The van der Waals surface area contributed by atoms with Crippen LogP contribution in [0.15, 0.2) is 54.6 Å². The van der Waals surface area contributed by atoms with E-state index < -0.39 is 29.7 Å². The zero-order chi connectivity index (χ0) is 39.6. The number of hydrogen-bond donors (Lipinski definition) is 1. The van der Waals surface area contributed by atoms with Gasteiger partial charge in [-0.3, -0.25) is 34.3 Å². The highest BCUT2D eigenvalue weighted by Gasteiger charge is 2.46. The Balaban J connectivity index is 0.739. The number of amides is 4. The fourth-order valence-electron chi connectivity index (χ4n) is 10.1. The van der Waals surface area contributed by atoms with Crippen LogP contribution in [0.3, 0.4) is 0 Å². The number of benzene rings is 3. The smallest absolute Gasteiger partial charge is 0.262 e. The van der Waals surface area contributed by atoms with E-state index in [4.69, 9.17) is 11.6 Å². The van der Waals surface area contributed by atoms with E-state index in [0.717, 1.165) is 107 Å². The van der Waals surface area contributed by atoms with E-state index in [2.05, 4.69) is 48.9 Å². The summed E-state index contributed by atoms with van der Waals surface area (Å²) in [6.45, 7) is 10.9. The van der Waals surface area contributed by atoms with Gasteiger partial charge in [0.05, 0.1) is 27.4 Å². The number of carbonyl (C=O) groups is 4. The number of piperazine rings is 1. The molecule has 9 rings (SSSR count). The maximum Gasteiger partial charge on any atom is 0.262 e. The van der Waals surface area contributed by atoms with Crippen molar-refractivity contribution in [3.8, 4) is 6.07 Å². The lowest BCUT2D eigenvalue weighted by atomic mass is 9.76. The fraction of sp³-hybridized carbons (Fsp3) is 0.465. The predicted molar refractivity (Wildman–Crippen MR) is 215 cm³/mol. The van der Waals surface area contributed by atoms with Crippen molar-refractivity contribution >= 4 is 58.0 Å². The lowest BCUT2D eigenvalue weighted by Crippen LogP contribution is -2.55. The maximum absolute atomic E-state index is 15.7. The number of nitrogens with one attached hydrogen (secondary N) is 1. The molecule has 6 aliphatic heterocycles. The molecular weight excluding hydrogens is 747 g/mol. The molecule has 6 aliphatic rings. The Labute approximate surface area is 336 Å². The van der Waals surface area contributed by atoms with Gasteiger partial charge in [0.25, 0.3) is 11.8 Å². The average Bonchev–Trinajstić information content (AvgIpc) is 3.64. The number of halogens is 2. The van der Waals surface area contributed by atoms with Gasteiger partial charge in [0.15, 0.2) is 0 Å². The highest BCUT2D eigenvalue weighted by molar-refractivity contribution is 6.32. The van der Waals surface area contributed by atoms with Crippen LogP contribution in [0.1, 0.15) is 65.3 Å². The minimum atomic E-state index is -0.975. The number of piperidine rings is 2. The third-order valence-electron chi connectivity index (χ3n) is 13.3. The Kier molecular flexibility index (Phi) is 9.60. The van der Waals surface area contributed by atoms with Gasteiger partial charge in [-0.1, -0.05) is 11.6 Å². The maximum atomic E-state index is 15.7. The number of rotatable bonds is 7. The summed E-state index contributed by atoms with van der Waals surface area (Å²) in [5.74, 6) is -1.70. The molecule has 0 aliphatic carbocycles. The lowest BCUT2D eigenvalue weighted by Gasteiger charge is -2.45. The third kappa shape index (κ3) is 6.86. The van der Waals surface area contributed by atoms with Crippen LogP contribution in [0.4, 0.5) is 27.1 Å². The minimum Gasteiger partial charge on any atom is -0.371 e. The Hall–Kier alpha value is -5.19. The molecule has 0 bridgehead atoms. The number of carbonyl (C=O) groups excluding carboxylic acids is 4. The molecular formula is C43H46ClFN8O4. The highest BCUT2D eigenvalue weighted by Crippen LogP contribution is 2.46. The van der Waals surface area contributed by atoms with Crippen LogP contribution in [0.5, 0.6) is 0 Å². The van der Waals surface area contributed by atoms with Gasteiger partial charge in [-0.2, -0.15) is 5.26 Å². The number of imide groups is 2. The van der Waals surface area contributed by atoms with E-state index in [-0.39, 0.29) is 29.6 Å². The van der Waals surface area contributed by atoms with E-state index in [1.807, 2.05) is 24.3 Å². The zero-order valence-electron chi connectivity index (χ0n) is 32.1. The van der Waals surface area contributed by atoms with Gasteiger partial charge in [-0.25, -0.2) is 4.39 Å². The predicted octanol–water partition coefficient (Wildman–Crippen LogP) is 4.90. The summed E-state index contributed by atoms with van der Waals surface area (Å²) in [5.41, 5.74) is 4.78. The Morgan fingerprint density at radius 3 is 2.25 bits per heavy atom. The number of anilines is 4. The standard InChI is InChI=1S/C43H46ClFN8O4/c1-27-21-43(26-52(27)32-3-2-29(22-46)35(44)19-32)10-12-50(13-11-43)37-7-5-31(20-36(37)45)49-16-14-48(15-17-49)23-28-24-51(25-28)30-4-6-33-34(18-30)42(57)53(41(33)56)38-8-9-39(54)47-40(38)55/h2-7,18-20,27-28,38H,8-17,21,23-26H2,1H3,(H,47,54,55)/t27-,38?/m0/s1. The Morgan fingerprint density at radius 1 is 0.842 bits per heavy atom. The number of fused-ring (bicyclic) bond motifs is 1. The molecule has 3 aromatic rings. The fourth-order valence-corrected chi connectivity index (χ4v) is 10.3. The first-order chi connectivity index (χ1) is 27.5. The normalized spacial score (nSPS) is 23.9. The molecule has 5 saturated heterocycles. The Morgan fingerprint density at radius 2 is 1.54 bits per heavy atom. The van der Waals surface area contributed by atoms with Crippen molar-refractivity contribution in [2.45, 2.75) is 51.1 Å². The molecule has 0 saturated carbocycles. The van der Waals surface area contributed by atoms with Crippen molar-refractivity contribution in [1.82, 2.24) is 15.1 Å². The highest BCUT2D eigenvalue weighted by atomic mass is 35.5. The molecule has 0 radical (unpaired) electrons. The largest absolute Gasteiger partial charge is 0.371 e. The Bertz CT molecular complexity index is 2190.